The van der Waals surface area contributed by atoms with Gasteiger partial charge >= 0.3 is 6.36 Å². The molecule has 84 valence electrons. The Kier molecular flexibility index (Phi) is 2.63. The lowest BCUT2D eigenvalue weighted by Crippen LogP contribution is -2.17. The van der Waals surface area contributed by atoms with Crippen LogP contribution in [0, 0.1) is 0 Å². The smallest absolute Gasteiger partial charge is 0.405 e. The van der Waals surface area contributed by atoms with E-state index < -0.39 is 6.36 Å². The van der Waals surface area contributed by atoms with Crippen molar-refractivity contribution in [2.24, 2.45) is 0 Å². The number of fused-ring (bicyclic) bond motifs is 1. The number of alkyl halides is 3. The molecular formula is C10H5ClF3NO. The molecule has 0 saturated heterocycles. The first-order valence-corrected chi connectivity index (χ1v) is 4.64. The maximum absolute atomic E-state index is 12.1. The second-order valence-corrected chi connectivity index (χ2v) is 3.36. The second kappa shape index (κ2) is 3.83. The number of hydrogen-bond acceptors (Lipinski definition) is 2. The molecule has 0 N–H and O–H groups in total. The summed E-state index contributed by atoms with van der Waals surface area (Å²) in [5.74, 6) is -0.344. The van der Waals surface area contributed by atoms with E-state index in [9.17, 15) is 13.2 Å². The van der Waals surface area contributed by atoms with E-state index in [1.54, 1.807) is 12.1 Å². The van der Waals surface area contributed by atoms with E-state index >= 15 is 0 Å². The number of benzene rings is 1. The summed E-state index contributed by atoms with van der Waals surface area (Å²) in [6.07, 6.45) is -3.32. The topological polar surface area (TPSA) is 22.1 Å². The summed E-state index contributed by atoms with van der Waals surface area (Å²) in [6.45, 7) is 0. The van der Waals surface area contributed by atoms with Crippen molar-refractivity contribution in [3.05, 3.63) is 35.6 Å². The lowest BCUT2D eigenvalue weighted by atomic mass is 10.1. The van der Waals surface area contributed by atoms with Gasteiger partial charge in [0.1, 0.15) is 10.9 Å². The minimum atomic E-state index is -4.74. The molecule has 2 nitrogen and oxygen atoms in total. The minimum Gasteiger partial charge on any atom is -0.405 e. The van der Waals surface area contributed by atoms with Gasteiger partial charge < -0.3 is 4.74 Å². The highest BCUT2D eigenvalue weighted by Crippen LogP contribution is 2.33. The molecule has 0 bridgehead atoms. The Morgan fingerprint density at radius 1 is 1.19 bits per heavy atom. The van der Waals surface area contributed by atoms with Crippen LogP contribution in [0.15, 0.2) is 30.5 Å². The van der Waals surface area contributed by atoms with Crippen LogP contribution in [0.4, 0.5) is 13.2 Å². The summed E-state index contributed by atoms with van der Waals surface area (Å²) in [7, 11) is 0. The summed E-state index contributed by atoms with van der Waals surface area (Å²) in [6, 6.07) is 5.85. The molecule has 0 spiro atoms. The standard InChI is InChI=1S/C10H5ClF3NO/c11-9-8-6(4-5-15-9)2-1-3-7(8)16-10(12,13)14/h1-5H. The molecule has 0 aliphatic rings. The quantitative estimate of drug-likeness (QED) is 0.716. The van der Waals surface area contributed by atoms with E-state index in [1.165, 1.54) is 18.3 Å². The largest absolute Gasteiger partial charge is 0.573 e. The lowest BCUT2D eigenvalue weighted by molar-refractivity contribution is -0.274. The molecule has 0 unspecified atom stereocenters. The van der Waals surface area contributed by atoms with Gasteiger partial charge in [-0.3, -0.25) is 0 Å². The predicted octanol–water partition coefficient (Wildman–Crippen LogP) is 3.79. The van der Waals surface area contributed by atoms with E-state index in [1.807, 2.05) is 0 Å². The maximum atomic E-state index is 12.1. The van der Waals surface area contributed by atoms with Crippen molar-refractivity contribution < 1.29 is 17.9 Å². The van der Waals surface area contributed by atoms with Crippen LogP contribution in [0.5, 0.6) is 5.75 Å². The Hall–Kier alpha value is -1.49. The van der Waals surface area contributed by atoms with Gasteiger partial charge in [-0.25, -0.2) is 4.98 Å². The van der Waals surface area contributed by atoms with Gasteiger partial charge in [-0.2, -0.15) is 0 Å². The first kappa shape index (κ1) is 11.0. The van der Waals surface area contributed by atoms with E-state index in [4.69, 9.17) is 11.6 Å². The van der Waals surface area contributed by atoms with Gasteiger partial charge in [0.05, 0.1) is 5.39 Å². The van der Waals surface area contributed by atoms with Crippen LogP contribution in [-0.4, -0.2) is 11.3 Å². The fourth-order valence-corrected chi connectivity index (χ4v) is 1.62. The highest BCUT2D eigenvalue weighted by atomic mass is 35.5. The minimum absolute atomic E-state index is 0.0163. The van der Waals surface area contributed by atoms with Gasteiger partial charge in [0.2, 0.25) is 0 Å². The van der Waals surface area contributed by atoms with Crippen LogP contribution in [0.25, 0.3) is 10.8 Å². The SMILES string of the molecule is FC(F)(F)Oc1cccc2ccnc(Cl)c12. The summed E-state index contributed by atoms with van der Waals surface area (Å²) in [5, 5.41) is 0.683. The molecule has 1 aromatic carbocycles. The number of halogens is 4. The van der Waals surface area contributed by atoms with Gasteiger partial charge in [-0.15, -0.1) is 13.2 Å². The molecule has 6 heteroatoms. The molecule has 0 saturated carbocycles. The van der Waals surface area contributed by atoms with Crippen molar-refractivity contribution in [3.63, 3.8) is 0 Å². The highest BCUT2D eigenvalue weighted by molar-refractivity contribution is 6.34. The Morgan fingerprint density at radius 3 is 2.62 bits per heavy atom. The van der Waals surface area contributed by atoms with Crippen molar-refractivity contribution in [2.75, 3.05) is 0 Å². The summed E-state index contributed by atoms with van der Waals surface area (Å²) in [5.41, 5.74) is 0. The third-order valence-corrected chi connectivity index (χ3v) is 2.22. The zero-order valence-corrected chi connectivity index (χ0v) is 8.51. The molecule has 16 heavy (non-hydrogen) atoms. The fraction of sp³-hybridized carbons (Fsp3) is 0.100. The van der Waals surface area contributed by atoms with E-state index in [0.717, 1.165) is 0 Å². The molecular weight excluding hydrogens is 243 g/mol. The number of nitrogens with zero attached hydrogens (tertiary/aromatic N) is 1. The molecule has 0 amide bonds. The van der Waals surface area contributed by atoms with Crippen LogP contribution in [0.2, 0.25) is 5.15 Å². The van der Waals surface area contributed by atoms with Crippen molar-refractivity contribution in [3.8, 4) is 5.75 Å². The molecule has 1 aromatic heterocycles. The maximum Gasteiger partial charge on any atom is 0.573 e. The lowest BCUT2D eigenvalue weighted by Gasteiger charge is -2.11. The van der Waals surface area contributed by atoms with Crippen molar-refractivity contribution in [2.45, 2.75) is 6.36 Å². The van der Waals surface area contributed by atoms with Crippen molar-refractivity contribution >= 4 is 22.4 Å². The normalized spacial score (nSPS) is 11.8. The Bertz CT molecular complexity index is 522. The van der Waals surface area contributed by atoms with Crippen LogP contribution in [-0.2, 0) is 0 Å². The van der Waals surface area contributed by atoms with E-state index in [2.05, 4.69) is 9.72 Å². The number of rotatable bonds is 1. The average Bonchev–Trinajstić information content (AvgIpc) is 2.15. The Labute approximate surface area is 93.6 Å². The zero-order chi connectivity index (χ0) is 11.8. The number of ether oxygens (including phenoxy) is 1. The Morgan fingerprint density at radius 2 is 1.94 bits per heavy atom. The van der Waals surface area contributed by atoms with Gasteiger partial charge in [-0.05, 0) is 17.5 Å². The van der Waals surface area contributed by atoms with E-state index in [-0.39, 0.29) is 16.3 Å². The van der Waals surface area contributed by atoms with Crippen LogP contribution >= 0.6 is 11.6 Å². The number of aromatic nitrogens is 1. The van der Waals surface area contributed by atoms with Gasteiger partial charge in [0.25, 0.3) is 0 Å². The molecule has 2 aromatic rings. The first-order valence-electron chi connectivity index (χ1n) is 4.26. The van der Waals surface area contributed by atoms with Crippen molar-refractivity contribution in [1.29, 1.82) is 0 Å². The highest BCUT2D eigenvalue weighted by Gasteiger charge is 2.32. The van der Waals surface area contributed by atoms with Gasteiger partial charge in [0.15, 0.2) is 0 Å². The Balaban J connectivity index is 2.61. The summed E-state index contributed by atoms with van der Waals surface area (Å²) >= 11 is 5.73. The third-order valence-electron chi connectivity index (χ3n) is 1.93. The molecule has 0 aliphatic carbocycles. The second-order valence-electron chi connectivity index (χ2n) is 3.00. The molecule has 0 radical (unpaired) electrons. The van der Waals surface area contributed by atoms with Gasteiger partial charge in [-0.1, -0.05) is 23.7 Å². The molecule has 1 heterocycles. The molecule has 2 rings (SSSR count). The summed E-state index contributed by atoms with van der Waals surface area (Å²) in [4.78, 5) is 3.72. The van der Waals surface area contributed by atoms with Crippen LogP contribution < -0.4 is 4.74 Å². The first-order chi connectivity index (χ1) is 7.47. The zero-order valence-electron chi connectivity index (χ0n) is 7.75. The fourth-order valence-electron chi connectivity index (χ4n) is 1.37. The molecule has 0 aliphatic heterocycles. The average molecular weight is 248 g/mol. The number of hydrogen-bond donors (Lipinski definition) is 0. The summed E-state index contributed by atoms with van der Waals surface area (Å²) < 4.78 is 40.2. The predicted molar refractivity (Wildman–Crippen MR) is 53.4 cm³/mol. The monoisotopic (exact) mass is 247 g/mol. The van der Waals surface area contributed by atoms with E-state index in [0.29, 0.717) is 5.39 Å². The van der Waals surface area contributed by atoms with Crippen LogP contribution in [0.3, 0.4) is 0 Å². The third kappa shape index (κ3) is 2.19. The van der Waals surface area contributed by atoms with Crippen LogP contribution in [0.1, 0.15) is 0 Å². The van der Waals surface area contributed by atoms with Crippen molar-refractivity contribution in [1.82, 2.24) is 4.98 Å². The van der Waals surface area contributed by atoms with Gasteiger partial charge in [0, 0.05) is 6.20 Å². The molecule has 0 fully saturated rings. The number of pyridine rings is 1. The molecule has 0 atom stereocenters.